The molecule has 5 amide bonds. The topological polar surface area (TPSA) is 377 Å². The molecular weight excluding hydrogens is 1920 g/mol. The van der Waals surface area contributed by atoms with Gasteiger partial charge in [-0.2, -0.15) is 0 Å². The number of nitrogens with zero attached hydrogens (tertiary/aromatic N) is 10. The maximum absolute atomic E-state index is 12.6. The molecule has 36 heteroatoms. The van der Waals surface area contributed by atoms with Crippen molar-refractivity contribution in [2.75, 3.05) is 98.2 Å². The monoisotopic (exact) mass is 2040 g/mol. The van der Waals surface area contributed by atoms with Crippen LogP contribution in [0.3, 0.4) is 0 Å². The molecule has 5 fully saturated rings. The predicted octanol–water partition coefficient (Wildman–Crippen LogP) is 22.3. The number of nitro groups is 5. The van der Waals surface area contributed by atoms with Crippen LogP contribution in [0.15, 0.2) is 249 Å². The zero-order valence-corrected chi connectivity index (χ0v) is 87.0. The van der Waals surface area contributed by atoms with Crippen molar-refractivity contribution in [2.24, 2.45) is 0 Å². The van der Waals surface area contributed by atoms with Crippen molar-refractivity contribution in [1.29, 1.82) is 0 Å². The number of carbonyl (C=O) groups is 5. The number of likely N-dealkylation sites (N-methyl/N-ethyl adjacent to an activating group) is 5. The number of likely N-dealkylation sites (tertiary alicyclic amines) is 5. The molecule has 0 radical (unpaired) electrons. The van der Waals surface area contributed by atoms with Crippen LogP contribution in [0.5, 0.6) is 0 Å². The van der Waals surface area contributed by atoms with E-state index in [1.165, 1.54) is 94.7 Å². The van der Waals surface area contributed by atoms with Gasteiger partial charge in [0.1, 0.15) is 0 Å². The summed E-state index contributed by atoms with van der Waals surface area (Å²) in [6.45, 7) is 35.5. The summed E-state index contributed by atoms with van der Waals surface area (Å²) < 4.78 is 0. The van der Waals surface area contributed by atoms with Crippen LogP contribution in [-0.4, -0.2) is 207 Å². The van der Waals surface area contributed by atoms with Crippen molar-refractivity contribution in [2.45, 2.75) is 220 Å². The fourth-order valence-corrected chi connectivity index (χ4v) is 22.9. The fourth-order valence-electron chi connectivity index (χ4n) is 17.7. The highest BCUT2D eigenvalue weighted by atomic mass is 35.5. The molecule has 0 aromatic heterocycles. The smallest absolute Gasteiger partial charge is 0.284 e. The summed E-state index contributed by atoms with van der Waals surface area (Å²) in [5.74, 6) is -1.35. The number of carbonyl (C=O) groups excluding carboxylic acids is 5. The SMILES string of the molecule is CCN1CCCC1CNC(=O)c1ccc(Sc2ccc(C)c(C)c2)c([N+](=O)[O-])c1.CCN1CCCC1CNC(=O)c1ccc(Sc2ccc(C)c(Cl)c2)c([N+](=O)[O-])c1.CCN1CCCC1CNC(=O)c1ccc(Sc2ccc(C)cc2)c([N+](=O)[O-])c1.CCN1CCCC1CNC(=O)c1ccc(Sc2cccc(C)c2)c([N+](=O)[O-])c1.CCN1CCCC1CNC(=O)c1ccc(Sc2cccc(C)c2)c([N+](=O)[O-])c1. The summed E-state index contributed by atoms with van der Waals surface area (Å²) in [5.41, 5.74) is 7.90. The number of halogens is 1. The van der Waals surface area contributed by atoms with E-state index in [9.17, 15) is 74.5 Å². The molecule has 10 aromatic rings. The van der Waals surface area contributed by atoms with E-state index in [1.54, 1.807) is 66.7 Å². The van der Waals surface area contributed by atoms with Gasteiger partial charge in [0, 0.05) is 151 Å². The Labute approximate surface area is 856 Å². The molecule has 752 valence electrons. The van der Waals surface area contributed by atoms with Gasteiger partial charge in [-0.25, -0.2) is 0 Å². The lowest BCUT2D eigenvalue weighted by Crippen LogP contribution is -2.40. The van der Waals surface area contributed by atoms with Crippen LogP contribution < -0.4 is 26.6 Å². The Morgan fingerprint density at radius 3 is 0.768 bits per heavy atom. The molecule has 5 atom stereocenters. The highest BCUT2D eigenvalue weighted by molar-refractivity contribution is 8.00. The van der Waals surface area contributed by atoms with Gasteiger partial charge < -0.3 is 26.6 Å². The van der Waals surface area contributed by atoms with Gasteiger partial charge >= 0.3 is 0 Å². The first-order chi connectivity index (χ1) is 68.2. The molecule has 5 unspecified atom stereocenters. The summed E-state index contributed by atoms with van der Waals surface area (Å²) >= 11 is 12.8. The van der Waals surface area contributed by atoms with Crippen LogP contribution >= 0.6 is 70.4 Å². The lowest BCUT2D eigenvalue weighted by molar-refractivity contribution is -0.387. The minimum Gasteiger partial charge on any atom is -0.350 e. The summed E-state index contributed by atoms with van der Waals surface area (Å²) in [7, 11) is 0. The second kappa shape index (κ2) is 54.7. The number of nitrogens with one attached hydrogen (secondary N) is 5. The number of amides is 5. The van der Waals surface area contributed by atoms with Gasteiger partial charge in [0.2, 0.25) is 0 Å². The Balaban J connectivity index is 0.000000169. The zero-order valence-electron chi connectivity index (χ0n) is 82.1. The summed E-state index contributed by atoms with van der Waals surface area (Å²) in [6, 6.07) is 60.1. The molecule has 142 heavy (non-hydrogen) atoms. The zero-order chi connectivity index (χ0) is 102. The second-order valence-corrected chi connectivity index (χ2v) is 41.5. The van der Waals surface area contributed by atoms with Crippen molar-refractivity contribution in [3.8, 4) is 0 Å². The van der Waals surface area contributed by atoms with Crippen LogP contribution in [0.25, 0.3) is 0 Å². The summed E-state index contributed by atoms with van der Waals surface area (Å²) in [6.07, 6.45) is 11.0. The average molecular weight is 2050 g/mol. The molecular formula is C106H126ClN15O15S5. The third kappa shape index (κ3) is 32.2. The second-order valence-electron chi connectivity index (χ2n) is 35.5. The minimum atomic E-state index is -0.454. The van der Waals surface area contributed by atoms with Crippen LogP contribution in [0.2, 0.25) is 5.02 Å². The largest absolute Gasteiger partial charge is 0.350 e. The summed E-state index contributed by atoms with van der Waals surface area (Å²) in [4.78, 5) is 137. The molecule has 10 aromatic carbocycles. The number of nitro benzene ring substituents is 5. The molecule has 0 aliphatic carbocycles. The van der Waals surface area contributed by atoms with E-state index in [4.69, 9.17) is 11.6 Å². The Bertz CT molecular complexity index is 5830. The third-order valence-electron chi connectivity index (χ3n) is 25.9. The molecule has 5 heterocycles. The van der Waals surface area contributed by atoms with Gasteiger partial charge in [-0.1, -0.05) is 170 Å². The molecule has 5 aliphatic rings. The third-order valence-corrected chi connectivity index (χ3v) is 31.6. The number of hydrogen-bond acceptors (Lipinski definition) is 25. The average Bonchev–Trinajstić information content (AvgIpc) is 1.11. The first-order valence-electron chi connectivity index (χ1n) is 48.2. The van der Waals surface area contributed by atoms with E-state index in [-0.39, 0.29) is 58.0 Å². The Kier molecular flexibility index (Phi) is 42.7. The molecule has 0 bridgehead atoms. The van der Waals surface area contributed by atoms with Gasteiger partial charge in [0.25, 0.3) is 58.0 Å². The molecule has 30 nitrogen and oxygen atoms in total. The van der Waals surface area contributed by atoms with E-state index in [1.807, 2.05) is 145 Å². The van der Waals surface area contributed by atoms with Crippen molar-refractivity contribution < 1.29 is 48.6 Å². The van der Waals surface area contributed by atoms with Crippen molar-refractivity contribution in [3.63, 3.8) is 0 Å². The number of benzene rings is 10. The highest BCUT2D eigenvalue weighted by Gasteiger charge is 2.32. The van der Waals surface area contributed by atoms with E-state index >= 15 is 0 Å². The molecule has 15 rings (SSSR count). The molecule has 5 N–H and O–H groups in total. The number of aryl methyl sites for hydroxylation is 6. The van der Waals surface area contributed by atoms with E-state index < -0.39 is 24.6 Å². The quantitative estimate of drug-likeness (QED) is 0.0182. The van der Waals surface area contributed by atoms with Gasteiger partial charge in [-0.15, -0.1) is 0 Å². The first-order valence-corrected chi connectivity index (χ1v) is 52.6. The van der Waals surface area contributed by atoms with Crippen molar-refractivity contribution >= 4 is 128 Å². The van der Waals surface area contributed by atoms with Crippen molar-refractivity contribution in [3.05, 3.63) is 317 Å². The van der Waals surface area contributed by atoms with E-state index in [0.29, 0.717) is 120 Å². The number of hydrogen-bond donors (Lipinski definition) is 5. The maximum Gasteiger partial charge on any atom is 0.284 e. The van der Waals surface area contributed by atoms with Gasteiger partial charge in [-0.3, -0.25) is 99.0 Å². The molecule has 0 saturated carbocycles. The summed E-state index contributed by atoms with van der Waals surface area (Å²) in [5, 5.41) is 73.1. The highest BCUT2D eigenvalue weighted by Crippen LogP contribution is 2.42. The van der Waals surface area contributed by atoms with Crippen molar-refractivity contribution in [1.82, 2.24) is 51.1 Å². The fraction of sp³-hybridized carbons (Fsp3) is 0.387. The van der Waals surface area contributed by atoms with Gasteiger partial charge in [0.15, 0.2) is 0 Å². The normalized spacial score (nSPS) is 16.8. The minimum absolute atomic E-state index is 0.0445. The van der Waals surface area contributed by atoms with Gasteiger partial charge in [0.05, 0.1) is 49.1 Å². The maximum atomic E-state index is 12.6. The number of rotatable bonds is 35. The van der Waals surface area contributed by atoms with Crippen LogP contribution in [0, 0.1) is 92.1 Å². The van der Waals surface area contributed by atoms with Crippen LogP contribution in [0.1, 0.15) is 184 Å². The Morgan fingerprint density at radius 2 is 0.528 bits per heavy atom. The van der Waals surface area contributed by atoms with Crippen LogP contribution in [0.4, 0.5) is 28.4 Å². The standard InChI is InChI=1S/C22H27N3O3S.C21H24ClN3O3S.3C21H25N3O3S/c1-4-24-11-5-6-18(24)14-23-22(26)17-8-10-21(20(13-17)25(27)28)29-19-9-7-15(2)16(3)12-19;1-3-24-10-4-5-16(24)13-23-21(26)15-7-9-20(19(11-15)25(27)28)29-17-8-6-14(2)18(22)12-17;2*1-3-23-11-5-7-17(23)14-22-21(25)16-9-10-20(19(13-16)24(26)27)28-18-8-4-6-15(2)12-18;1-3-23-12-4-5-17(23)14-22-21(25)16-8-11-20(19(13-16)24(26)27)28-18-9-6-15(2)7-10-18/h7-10,12-13,18H,4-6,11,14H2,1-3H3,(H,23,26);6-9,11-12,16H,3-5,10,13H2,1-2H3,(H,23,26);2*4,6,8-10,12-13,17H,3,5,7,11,14H2,1-2H3,(H,22,25);6-11,13,17H,3-5,12,14H2,1-2H3,(H,22,25). The van der Waals surface area contributed by atoms with Gasteiger partial charge in [-0.05, 0) is 309 Å². The first kappa shape index (κ1) is 111. The Morgan fingerprint density at radius 1 is 0.289 bits per heavy atom. The van der Waals surface area contributed by atoms with E-state index in [0.717, 1.165) is 182 Å². The molecule has 5 saturated heterocycles. The lowest BCUT2D eigenvalue weighted by Gasteiger charge is -2.22. The molecule has 5 aliphatic heterocycles. The molecule has 0 spiro atoms. The lowest BCUT2D eigenvalue weighted by atomic mass is 10.1. The van der Waals surface area contributed by atoms with E-state index in [2.05, 4.69) is 85.7 Å². The predicted molar refractivity (Wildman–Crippen MR) is 565 cm³/mol. The Hall–Kier alpha value is -11.6. The van der Waals surface area contributed by atoms with Crippen LogP contribution in [-0.2, 0) is 0 Å².